The maximum absolute atomic E-state index is 10.1. The minimum Gasteiger partial charge on any atom is -0.466 e. The molecule has 2 aromatic heterocycles. The quantitative estimate of drug-likeness (QED) is 0.833. The van der Waals surface area contributed by atoms with E-state index in [2.05, 4.69) is 10.3 Å². The Kier molecular flexibility index (Phi) is 3.38. The van der Waals surface area contributed by atoms with Gasteiger partial charge >= 0.3 is 0 Å². The average Bonchev–Trinajstić information content (AvgIpc) is 2.90. The SMILES string of the molecule is CC(O)(CNCc1cncs1)c1ccco1. The van der Waals surface area contributed by atoms with Gasteiger partial charge in [0, 0.05) is 24.2 Å². The van der Waals surface area contributed by atoms with E-state index in [1.54, 1.807) is 42.2 Å². The number of hydrogen-bond donors (Lipinski definition) is 2. The number of aromatic nitrogens is 1. The second-order valence-electron chi connectivity index (χ2n) is 3.82. The van der Waals surface area contributed by atoms with Crippen LogP contribution in [0.4, 0.5) is 0 Å². The molecule has 0 aliphatic carbocycles. The minimum absolute atomic E-state index is 0.443. The third-order valence-corrected chi connectivity index (χ3v) is 3.08. The van der Waals surface area contributed by atoms with Crippen LogP contribution in [0, 0.1) is 0 Å². The number of furan rings is 1. The summed E-state index contributed by atoms with van der Waals surface area (Å²) in [6.07, 6.45) is 3.38. The Morgan fingerprint density at radius 3 is 3.12 bits per heavy atom. The molecule has 0 aliphatic rings. The van der Waals surface area contributed by atoms with Gasteiger partial charge in [0.05, 0.1) is 11.8 Å². The summed E-state index contributed by atoms with van der Waals surface area (Å²) in [6, 6.07) is 3.54. The molecule has 0 aliphatic heterocycles. The molecule has 4 nitrogen and oxygen atoms in total. The van der Waals surface area contributed by atoms with Crippen LogP contribution in [-0.2, 0) is 12.1 Å². The molecule has 0 fully saturated rings. The monoisotopic (exact) mass is 238 g/mol. The van der Waals surface area contributed by atoms with E-state index in [9.17, 15) is 5.11 Å². The highest BCUT2D eigenvalue weighted by Crippen LogP contribution is 2.20. The molecular weight excluding hydrogens is 224 g/mol. The topological polar surface area (TPSA) is 58.3 Å². The summed E-state index contributed by atoms with van der Waals surface area (Å²) in [7, 11) is 0. The van der Waals surface area contributed by atoms with Crippen LogP contribution >= 0.6 is 11.3 Å². The van der Waals surface area contributed by atoms with E-state index >= 15 is 0 Å². The van der Waals surface area contributed by atoms with Crippen LogP contribution in [-0.4, -0.2) is 16.6 Å². The zero-order valence-electron chi connectivity index (χ0n) is 9.01. The molecule has 0 aromatic carbocycles. The fourth-order valence-electron chi connectivity index (χ4n) is 1.43. The zero-order valence-corrected chi connectivity index (χ0v) is 9.83. The van der Waals surface area contributed by atoms with Crippen molar-refractivity contribution in [1.82, 2.24) is 10.3 Å². The number of nitrogens with one attached hydrogen (secondary N) is 1. The Bertz CT molecular complexity index is 409. The molecule has 1 unspecified atom stereocenters. The highest BCUT2D eigenvalue weighted by molar-refractivity contribution is 7.09. The summed E-state index contributed by atoms with van der Waals surface area (Å²) in [5, 5.41) is 13.3. The third kappa shape index (κ3) is 2.69. The van der Waals surface area contributed by atoms with Crippen LogP contribution in [0.25, 0.3) is 0 Å². The minimum atomic E-state index is -0.978. The molecule has 5 heteroatoms. The summed E-state index contributed by atoms with van der Waals surface area (Å²) in [5.74, 6) is 0.573. The van der Waals surface area contributed by atoms with Crippen LogP contribution in [0.1, 0.15) is 17.6 Å². The Morgan fingerprint density at radius 1 is 1.62 bits per heavy atom. The van der Waals surface area contributed by atoms with Crippen LogP contribution in [0.15, 0.2) is 34.5 Å². The van der Waals surface area contributed by atoms with E-state index in [1.807, 2.05) is 6.20 Å². The molecule has 0 saturated heterocycles. The second kappa shape index (κ2) is 4.78. The molecule has 2 heterocycles. The van der Waals surface area contributed by atoms with Gasteiger partial charge in [0.2, 0.25) is 0 Å². The summed E-state index contributed by atoms with van der Waals surface area (Å²) in [6.45, 7) is 2.88. The summed E-state index contributed by atoms with van der Waals surface area (Å²) in [5.41, 5.74) is 0.815. The van der Waals surface area contributed by atoms with E-state index in [-0.39, 0.29) is 0 Å². The summed E-state index contributed by atoms with van der Waals surface area (Å²) in [4.78, 5) is 5.13. The van der Waals surface area contributed by atoms with Gasteiger partial charge in [-0.2, -0.15) is 0 Å². The van der Waals surface area contributed by atoms with Crippen LogP contribution in [0.5, 0.6) is 0 Å². The standard InChI is InChI=1S/C11H14N2O2S/c1-11(14,10-3-2-4-15-10)7-12-5-9-6-13-8-16-9/h2-4,6,8,12,14H,5,7H2,1H3. The van der Waals surface area contributed by atoms with Gasteiger partial charge in [-0.05, 0) is 19.1 Å². The number of hydrogen-bond acceptors (Lipinski definition) is 5. The van der Waals surface area contributed by atoms with Crippen molar-refractivity contribution in [3.8, 4) is 0 Å². The van der Waals surface area contributed by atoms with Crippen LogP contribution in [0.2, 0.25) is 0 Å². The van der Waals surface area contributed by atoms with Crippen molar-refractivity contribution in [3.63, 3.8) is 0 Å². The van der Waals surface area contributed by atoms with Gasteiger partial charge in [-0.15, -0.1) is 11.3 Å². The van der Waals surface area contributed by atoms with Gasteiger partial charge < -0.3 is 14.8 Å². The Labute approximate surface area is 97.9 Å². The maximum Gasteiger partial charge on any atom is 0.136 e. The largest absolute Gasteiger partial charge is 0.466 e. The Balaban J connectivity index is 1.85. The van der Waals surface area contributed by atoms with Crippen molar-refractivity contribution in [2.75, 3.05) is 6.54 Å². The molecule has 1 atom stereocenters. The number of nitrogens with zero attached hydrogens (tertiary/aromatic N) is 1. The van der Waals surface area contributed by atoms with Crippen LogP contribution in [0.3, 0.4) is 0 Å². The average molecular weight is 238 g/mol. The second-order valence-corrected chi connectivity index (χ2v) is 4.79. The van der Waals surface area contributed by atoms with E-state index in [4.69, 9.17) is 4.42 Å². The fraction of sp³-hybridized carbons (Fsp3) is 0.364. The molecule has 0 spiro atoms. The maximum atomic E-state index is 10.1. The Morgan fingerprint density at radius 2 is 2.50 bits per heavy atom. The van der Waals surface area contributed by atoms with Gasteiger partial charge in [-0.1, -0.05) is 0 Å². The van der Waals surface area contributed by atoms with Gasteiger partial charge in [0.15, 0.2) is 0 Å². The van der Waals surface area contributed by atoms with Gasteiger partial charge in [-0.25, -0.2) is 0 Å². The first-order valence-corrected chi connectivity index (χ1v) is 5.91. The molecule has 2 N–H and O–H groups in total. The number of aliphatic hydroxyl groups is 1. The van der Waals surface area contributed by atoms with E-state index in [0.717, 1.165) is 4.88 Å². The zero-order chi connectivity index (χ0) is 11.4. The van der Waals surface area contributed by atoms with Gasteiger partial charge in [-0.3, -0.25) is 4.98 Å². The van der Waals surface area contributed by atoms with Crippen molar-refractivity contribution >= 4 is 11.3 Å². The van der Waals surface area contributed by atoms with Crippen LogP contribution < -0.4 is 5.32 Å². The predicted octanol–water partition coefficient (Wildman–Crippen LogP) is 1.73. The number of thiazole rings is 1. The lowest BCUT2D eigenvalue weighted by atomic mass is 10.0. The first kappa shape index (κ1) is 11.3. The lowest BCUT2D eigenvalue weighted by Gasteiger charge is -2.20. The lowest BCUT2D eigenvalue weighted by Crippen LogP contribution is -2.34. The van der Waals surface area contributed by atoms with Gasteiger partial charge in [0.1, 0.15) is 11.4 Å². The van der Waals surface area contributed by atoms with Crippen molar-refractivity contribution in [2.45, 2.75) is 19.1 Å². The van der Waals surface area contributed by atoms with E-state index in [1.165, 1.54) is 0 Å². The van der Waals surface area contributed by atoms with E-state index < -0.39 is 5.60 Å². The van der Waals surface area contributed by atoms with Crippen molar-refractivity contribution in [2.24, 2.45) is 0 Å². The van der Waals surface area contributed by atoms with Crippen molar-refractivity contribution in [1.29, 1.82) is 0 Å². The highest BCUT2D eigenvalue weighted by atomic mass is 32.1. The van der Waals surface area contributed by atoms with E-state index in [0.29, 0.717) is 18.8 Å². The molecule has 86 valence electrons. The predicted molar refractivity (Wildman–Crippen MR) is 62.1 cm³/mol. The lowest BCUT2D eigenvalue weighted by molar-refractivity contribution is 0.0341. The van der Waals surface area contributed by atoms with Crippen molar-refractivity contribution < 1.29 is 9.52 Å². The summed E-state index contributed by atoms with van der Waals surface area (Å²) >= 11 is 1.59. The Hall–Kier alpha value is -1.17. The van der Waals surface area contributed by atoms with Crippen molar-refractivity contribution in [3.05, 3.63) is 40.7 Å². The molecule has 0 bridgehead atoms. The molecule has 16 heavy (non-hydrogen) atoms. The smallest absolute Gasteiger partial charge is 0.136 e. The number of rotatable bonds is 5. The van der Waals surface area contributed by atoms with Gasteiger partial charge in [0.25, 0.3) is 0 Å². The molecule has 0 radical (unpaired) electrons. The molecular formula is C11H14N2O2S. The highest BCUT2D eigenvalue weighted by Gasteiger charge is 2.25. The fourth-order valence-corrected chi connectivity index (χ4v) is 1.99. The first-order valence-electron chi connectivity index (χ1n) is 5.03. The molecule has 0 saturated carbocycles. The molecule has 0 amide bonds. The first-order chi connectivity index (χ1) is 7.68. The summed E-state index contributed by atoms with van der Waals surface area (Å²) < 4.78 is 5.19. The molecule has 2 rings (SSSR count). The normalized spacial score (nSPS) is 14.9. The molecule has 2 aromatic rings. The third-order valence-electron chi connectivity index (χ3n) is 2.30.